The molecule has 38 heavy (non-hydrogen) atoms. The molecule has 1 amide bonds. The number of benzene rings is 2. The van der Waals surface area contributed by atoms with Gasteiger partial charge in [0.05, 0.1) is 35.5 Å². The number of amides is 1. The minimum atomic E-state index is -3.41. The fraction of sp³-hybridized carbons (Fsp3) is 0.346. The molecule has 0 saturated carbocycles. The Labute approximate surface area is 231 Å². The van der Waals surface area contributed by atoms with Crippen molar-refractivity contribution in [2.24, 2.45) is 5.92 Å². The monoisotopic (exact) mass is 578 g/mol. The number of aromatic nitrogens is 2. The lowest BCUT2D eigenvalue weighted by molar-refractivity contribution is -0.117. The quantitative estimate of drug-likeness (QED) is 0.380. The number of carbonyl (C=O) groups is 1. The van der Waals surface area contributed by atoms with Crippen molar-refractivity contribution in [2.75, 3.05) is 33.1 Å². The Kier molecular flexibility index (Phi) is 8.46. The van der Waals surface area contributed by atoms with Gasteiger partial charge < -0.3 is 14.8 Å². The van der Waals surface area contributed by atoms with Crippen molar-refractivity contribution in [1.82, 2.24) is 19.6 Å². The van der Waals surface area contributed by atoms with Gasteiger partial charge >= 0.3 is 0 Å². The van der Waals surface area contributed by atoms with Crippen molar-refractivity contribution in [1.29, 1.82) is 0 Å². The number of nitrogens with one attached hydrogen (secondary N) is 1. The maximum absolute atomic E-state index is 12.5. The molecule has 0 unspecified atom stereocenters. The first kappa shape index (κ1) is 28.1. The van der Waals surface area contributed by atoms with Crippen LogP contribution in [0.5, 0.6) is 11.5 Å². The molecule has 2 aromatic carbocycles. The van der Waals surface area contributed by atoms with Crippen LogP contribution in [0.25, 0.3) is 22.0 Å². The number of rotatable bonds is 9. The van der Waals surface area contributed by atoms with E-state index in [2.05, 4.69) is 16.9 Å². The van der Waals surface area contributed by atoms with Crippen molar-refractivity contribution in [2.45, 2.75) is 19.4 Å². The number of carbonyl (C=O) groups excluding carboxylic acids is 1. The summed E-state index contributed by atoms with van der Waals surface area (Å²) in [6.45, 7) is 5.56. The van der Waals surface area contributed by atoms with Crippen molar-refractivity contribution < 1.29 is 22.7 Å². The van der Waals surface area contributed by atoms with E-state index < -0.39 is 10.0 Å². The number of ether oxygens (including phenoxy) is 2. The SMILES string of the molecule is C=CC(=O)N[C@H]1CN(S(=O)(=O)CC)C[C@H]1Cc1ncc2cc(-c3c(Cl)c(OC)cc(OC)c3Cl)ccc2n1. The predicted octanol–water partition coefficient (Wildman–Crippen LogP) is 4.12. The van der Waals surface area contributed by atoms with Crippen LogP contribution in [0.15, 0.2) is 43.1 Å². The van der Waals surface area contributed by atoms with Crippen LogP contribution in [0.4, 0.5) is 0 Å². The lowest BCUT2D eigenvalue weighted by Gasteiger charge is -2.18. The maximum Gasteiger partial charge on any atom is 0.243 e. The van der Waals surface area contributed by atoms with Crippen LogP contribution in [0.1, 0.15) is 12.7 Å². The maximum atomic E-state index is 12.5. The molecular formula is C26H28Cl2N4O5S. The largest absolute Gasteiger partial charge is 0.495 e. The molecule has 2 heterocycles. The fourth-order valence-electron chi connectivity index (χ4n) is 4.55. The third-order valence-corrected chi connectivity index (χ3v) is 9.18. The molecule has 202 valence electrons. The van der Waals surface area contributed by atoms with E-state index in [9.17, 15) is 13.2 Å². The van der Waals surface area contributed by atoms with Crippen molar-refractivity contribution in [3.63, 3.8) is 0 Å². The highest BCUT2D eigenvalue weighted by Crippen LogP contribution is 2.46. The molecule has 1 saturated heterocycles. The molecule has 1 aliphatic heterocycles. The Balaban J connectivity index is 1.64. The molecule has 12 heteroatoms. The van der Waals surface area contributed by atoms with Crippen LogP contribution in [0.2, 0.25) is 10.0 Å². The van der Waals surface area contributed by atoms with E-state index in [1.165, 1.54) is 24.6 Å². The average molecular weight is 580 g/mol. The van der Waals surface area contributed by atoms with Gasteiger partial charge in [0, 0.05) is 54.7 Å². The summed E-state index contributed by atoms with van der Waals surface area (Å²) in [5.74, 6) is 0.854. The highest BCUT2D eigenvalue weighted by molar-refractivity contribution is 7.89. The molecule has 1 aliphatic rings. The molecule has 9 nitrogen and oxygen atoms in total. The summed E-state index contributed by atoms with van der Waals surface area (Å²) in [4.78, 5) is 21.2. The molecule has 0 bridgehead atoms. The Morgan fingerprint density at radius 2 is 1.87 bits per heavy atom. The molecule has 0 spiro atoms. The molecule has 0 radical (unpaired) electrons. The van der Waals surface area contributed by atoms with Crippen LogP contribution in [-0.2, 0) is 21.2 Å². The van der Waals surface area contributed by atoms with Crippen molar-refractivity contribution in [3.05, 3.63) is 59.0 Å². The van der Waals surface area contributed by atoms with E-state index in [1.54, 1.807) is 19.2 Å². The lowest BCUT2D eigenvalue weighted by Crippen LogP contribution is -2.41. The van der Waals surface area contributed by atoms with E-state index in [1.807, 2.05) is 18.2 Å². The Hall–Kier alpha value is -2.92. The fourth-order valence-corrected chi connectivity index (χ4v) is 6.44. The zero-order valence-electron chi connectivity index (χ0n) is 21.2. The Morgan fingerprint density at radius 1 is 1.18 bits per heavy atom. The topological polar surface area (TPSA) is 111 Å². The van der Waals surface area contributed by atoms with Gasteiger partial charge in [-0.25, -0.2) is 18.4 Å². The van der Waals surface area contributed by atoms with Gasteiger partial charge in [-0.1, -0.05) is 35.8 Å². The van der Waals surface area contributed by atoms with E-state index >= 15 is 0 Å². The summed E-state index contributed by atoms with van der Waals surface area (Å²) in [7, 11) is -0.372. The summed E-state index contributed by atoms with van der Waals surface area (Å²) in [6, 6.07) is 6.82. The highest BCUT2D eigenvalue weighted by Gasteiger charge is 2.39. The first-order chi connectivity index (χ1) is 18.1. The van der Waals surface area contributed by atoms with Gasteiger partial charge in [0.1, 0.15) is 17.3 Å². The molecule has 1 aromatic heterocycles. The summed E-state index contributed by atoms with van der Waals surface area (Å²) < 4.78 is 37.1. The van der Waals surface area contributed by atoms with Gasteiger partial charge in [0.2, 0.25) is 15.9 Å². The summed E-state index contributed by atoms with van der Waals surface area (Å²) >= 11 is 13.2. The van der Waals surface area contributed by atoms with Crippen LogP contribution < -0.4 is 14.8 Å². The van der Waals surface area contributed by atoms with Crippen molar-refractivity contribution in [3.8, 4) is 22.6 Å². The molecule has 1 fully saturated rings. The normalized spacial score (nSPS) is 17.9. The van der Waals surface area contributed by atoms with Crippen molar-refractivity contribution >= 4 is 50.0 Å². The van der Waals surface area contributed by atoms with Gasteiger partial charge in [-0.3, -0.25) is 4.79 Å². The van der Waals surface area contributed by atoms with Gasteiger partial charge in [0.15, 0.2) is 0 Å². The number of nitrogens with zero attached hydrogens (tertiary/aromatic N) is 3. The standard InChI is InChI=1S/C26H28Cl2N4O5S/c1-5-23(33)31-19-14-32(38(34,35)6-2)13-17(19)10-22-29-12-16-9-15(7-8-18(16)30-22)24-25(27)20(36-3)11-21(37-4)26(24)28/h5,7-9,11-12,17,19H,1,6,10,13-14H2,2-4H3,(H,31,33)/t17-,19+/m1/s1. The molecule has 3 aromatic rings. The van der Waals surface area contributed by atoms with Gasteiger partial charge in [-0.2, -0.15) is 4.31 Å². The zero-order chi connectivity index (χ0) is 27.6. The second-order valence-corrected chi connectivity index (χ2v) is 11.9. The number of halogens is 2. The second kappa shape index (κ2) is 11.4. The lowest BCUT2D eigenvalue weighted by atomic mass is 9.99. The molecular weight excluding hydrogens is 551 g/mol. The van der Waals surface area contributed by atoms with E-state index in [0.29, 0.717) is 44.9 Å². The number of sulfonamides is 1. The Morgan fingerprint density at radius 3 is 2.47 bits per heavy atom. The summed E-state index contributed by atoms with van der Waals surface area (Å²) in [5.41, 5.74) is 2.01. The van der Waals surface area contributed by atoms with Crippen LogP contribution >= 0.6 is 23.2 Å². The first-order valence-corrected chi connectivity index (χ1v) is 14.2. The number of methoxy groups -OCH3 is 2. The van der Waals surface area contributed by atoms with Gasteiger partial charge in [-0.05, 0) is 30.7 Å². The molecule has 4 rings (SSSR count). The minimum Gasteiger partial charge on any atom is -0.495 e. The number of fused-ring (bicyclic) bond motifs is 1. The zero-order valence-corrected chi connectivity index (χ0v) is 23.5. The van der Waals surface area contributed by atoms with E-state index in [4.69, 9.17) is 37.7 Å². The first-order valence-electron chi connectivity index (χ1n) is 11.9. The summed E-state index contributed by atoms with van der Waals surface area (Å²) in [5, 5.41) is 4.33. The number of hydrogen-bond acceptors (Lipinski definition) is 7. The smallest absolute Gasteiger partial charge is 0.243 e. The molecule has 2 atom stereocenters. The molecule has 0 aliphatic carbocycles. The number of hydrogen-bond donors (Lipinski definition) is 1. The molecule has 1 N–H and O–H groups in total. The Bertz CT molecular complexity index is 1470. The van der Waals surface area contributed by atoms with Gasteiger partial charge in [-0.15, -0.1) is 0 Å². The van der Waals surface area contributed by atoms with E-state index in [-0.39, 0.29) is 36.7 Å². The average Bonchev–Trinajstić information content (AvgIpc) is 3.31. The summed E-state index contributed by atoms with van der Waals surface area (Å²) in [6.07, 6.45) is 3.27. The minimum absolute atomic E-state index is 0.0101. The predicted molar refractivity (Wildman–Crippen MR) is 148 cm³/mol. The second-order valence-electron chi connectivity index (χ2n) is 8.84. The highest BCUT2D eigenvalue weighted by atomic mass is 35.5. The van der Waals surface area contributed by atoms with E-state index in [0.717, 1.165) is 10.9 Å². The van der Waals surface area contributed by atoms with Crippen LogP contribution in [0.3, 0.4) is 0 Å². The third kappa shape index (κ3) is 5.58. The van der Waals surface area contributed by atoms with Crippen LogP contribution in [-0.4, -0.2) is 67.7 Å². The van der Waals surface area contributed by atoms with Gasteiger partial charge in [0.25, 0.3) is 0 Å². The third-order valence-electron chi connectivity index (χ3n) is 6.62. The van der Waals surface area contributed by atoms with Crippen LogP contribution in [0, 0.1) is 5.92 Å².